The lowest BCUT2D eigenvalue weighted by Crippen LogP contribution is -2.51. The number of ether oxygens (including phenoxy) is 1. The summed E-state index contributed by atoms with van der Waals surface area (Å²) in [5.41, 5.74) is 1.12. The number of benzene rings is 1. The van der Waals surface area contributed by atoms with Gasteiger partial charge in [-0.3, -0.25) is 4.79 Å². The van der Waals surface area contributed by atoms with Crippen LogP contribution in [-0.2, 0) is 4.79 Å². The topological polar surface area (TPSA) is 41.6 Å². The first-order chi connectivity index (χ1) is 8.68. The van der Waals surface area contributed by atoms with Gasteiger partial charge in [0.25, 0.3) is 0 Å². The highest BCUT2D eigenvalue weighted by molar-refractivity contribution is 5.79. The largest absolute Gasteiger partial charge is 0.491 e. The highest BCUT2D eigenvalue weighted by Crippen LogP contribution is 2.16. The first-order valence-corrected chi connectivity index (χ1v) is 6.32. The summed E-state index contributed by atoms with van der Waals surface area (Å²) in [7, 11) is 1.84. The van der Waals surface area contributed by atoms with Crippen LogP contribution >= 0.6 is 0 Å². The molecule has 0 bridgehead atoms. The highest BCUT2D eigenvalue weighted by Gasteiger charge is 2.27. The fourth-order valence-electron chi connectivity index (χ4n) is 1.90. The van der Waals surface area contributed by atoms with E-state index in [1.807, 2.05) is 38.2 Å². The molecule has 4 heteroatoms. The molecule has 0 saturated carbocycles. The predicted molar refractivity (Wildman–Crippen MR) is 70.7 cm³/mol. The Morgan fingerprint density at radius 1 is 1.44 bits per heavy atom. The van der Waals surface area contributed by atoms with Gasteiger partial charge in [-0.05, 0) is 18.6 Å². The maximum Gasteiger partial charge on any atom is 0.228 e. The van der Waals surface area contributed by atoms with Crippen LogP contribution in [-0.4, -0.2) is 44.1 Å². The molecule has 1 heterocycles. The smallest absolute Gasteiger partial charge is 0.228 e. The van der Waals surface area contributed by atoms with Crippen molar-refractivity contribution in [3.05, 3.63) is 29.8 Å². The number of rotatable bonds is 5. The molecular weight excluding hydrogens is 228 g/mol. The molecule has 1 saturated heterocycles. The van der Waals surface area contributed by atoms with Gasteiger partial charge in [-0.15, -0.1) is 0 Å². The average Bonchev–Trinajstić information content (AvgIpc) is 2.29. The molecule has 4 nitrogen and oxygen atoms in total. The van der Waals surface area contributed by atoms with Gasteiger partial charge in [-0.1, -0.05) is 18.2 Å². The van der Waals surface area contributed by atoms with E-state index in [2.05, 4.69) is 5.32 Å². The molecule has 0 radical (unpaired) electrons. The Bertz CT molecular complexity index is 416. The van der Waals surface area contributed by atoms with Gasteiger partial charge in [0.2, 0.25) is 5.91 Å². The molecule has 1 amide bonds. The van der Waals surface area contributed by atoms with E-state index in [-0.39, 0.29) is 11.8 Å². The summed E-state index contributed by atoms with van der Waals surface area (Å²) in [6.07, 6.45) is 0. The zero-order chi connectivity index (χ0) is 13.0. The van der Waals surface area contributed by atoms with Crippen molar-refractivity contribution >= 4 is 5.91 Å². The van der Waals surface area contributed by atoms with Crippen molar-refractivity contribution in [1.29, 1.82) is 0 Å². The van der Waals surface area contributed by atoms with E-state index in [0.717, 1.165) is 24.4 Å². The lowest BCUT2D eigenvalue weighted by Gasteiger charge is -2.30. The van der Waals surface area contributed by atoms with Gasteiger partial charge in [-0.2, -0.15) is 0 Å². The Morgan fingerprint density at radius 3 is 2.78 bits per heavy atom. The second kappa shape index (κ2) is 5.87. The summed E-state index contributed by atoms with van der Waals surface area (Å²) in [4.78, 5) is 13.6. The quantitative estimate of drug-likeness (QED) is 0.847. The highest BCUT2D eigenvalue weighted by atomic mass is 16.5. The minimum absolute atomic E-state index is 0.161. The number of hydrogen-bond acceptors (Lipinski definition) is 3. The van der Waals surface area contributed by atoms with Crippen LogP contribution in [0.5, 0.6) is 5.75 Å². The van der Waals surface area contributed by atoms with E-state index in [1.54, 1.807) is 4.90 Å². The normalized spacial score (nSPS) is 15.0. The van der Waals surface area contributed by atoms with Gasteiger partial charge in [0, 0.05) is 20.1 Å². The number of amides is 1. The van der Waals surface area contributed by atoms with E-state index in [0.29, 0.717) is 13.2 Å². The van der Waals surface area contributed by atoms with E-state index < -0.39 is 0 Å². The van der Waals surface area contributed by atoms with Crippen LogP contribution in [0, 0.1) is 12.8 Å². The summed E-state index contributed by atoms with van der Waals surface area (Å²) in [6, 6.07) is 7.91. The van der Waals surface area contributed by atoms with Crippen LogP contribution in [0.1, 0.15) is 5.56 Å². The first kappa shape index (κ1) is 12.9. The summed E-state index contributed by atoms with van der Waals surface area (Å²) >= 11 is 0. The van der Waals surface area contributed by atoms with Crippen LogP contribution in [0.2, 0.25) is 0 Å². The Balaban J connectivity index is 1.74. The van der Waals surface area contributed by atoms with Crippen LogP contribution in [0.25, 0.3) is 0 Å². The fourth-order valence-corrected chi connectivity index (χ4v) is 1.90. The molecular formula is C14H20N2O2. The molecule has 0 aromatic heterocycles. The molecule has 1 fully saturated rings. The second-order valence-electron chi connectivity index (χ2n) is 4.73. The summed E-state index contributed by atoms with van der Waals surface area (Å²) < 4.78 is 5.68. The Hall–Kier alpha value is -1.55. The number of likely N-dealkylation sites (N-methyl/N-ethyl adjacent to an activating group) is 1. The third kappa shape index (κ3) is 3.01. The van der Waals surface area contributed by atoms with Crippen molar-refractivity contribution in [1.82, 2.24) is 10.2 Å². The second-order valence-corrected chi connectivity index (χ2v) is 4.73. The van der Waals surface area contributed by atoms with Crippen molar-refractivity contribution < 1.29 is 9.53 Å². The van der Waals surface area contributed by atoms with E-state index in [4.69, 9.17) is 4.74 Å². The third-order valence-electron chi connectivity index (χ3n) is 3.28. The van der Waals surface area contributed by atoms with Crippen molar-refractivity contribution in [2.75, 3.05) is 33.3 Å². The summed E-state index contributed by atoms with van der Waals surface area (Å²) in [5, 5.41) is 3.11. The van der Waals surface area contributed by atoms with Crippen molar-refractivity contribution in [2.45, 2.75) is 6.92 Å². The molecule has 0 spiro atoms. The molecule has 0 atom stereocenters. The molecule has 1 aliphatic rings. The zero-order valence-electron chi connectivity index (χ0n) is 11.0. The van der Waals surface area contributed by atoms with Crippen LogP contribution in [0.4, 0.5) is 0 Å². The van der Waals surface area contributed by atoms with Crippen molar-refractivity contribution in [2.24, 2.45) is 5.92 Å². The predicted octanol–water partition coefficient (Wildman–Crippen LogP) is 1.05. The lowest BCUT2D eigenvalue weighted by molar-refractivity contribution is -0.136. The molecule has 98 valence electrons. The van der Waals surface area contributed by atoms with Crippen LogP contribution in [0.3, 0.4) is 0 Å². The average molecular weight is 248 g/mol. The van der Waals surface area contributed by atoms with Gasteiger partial charge < -0.3 is 15.0 Å². The minimum Gasteiger partial charge on any atom is -0.491 e. The number of para-hydroxylation sites is 1. The third-order valence-corrected chi connectivity index (χ3v) is 3.28. The maximum absolute atomic E-state index is 11.9. The van der Waals surface area contributed by atoms with Crippen LogP contribution in [0.15, 0.2) is 24.3 Å². The first-order valence-electron chi connectivity index (χ1n) is 6.32. The Morgan fingerprint density at radius 2 is 2.17 bits per heavy atom. The molecule has 2 rings (SSSR count). The summed E-state index contributed by atoms with van der Waals surface area (Å²) in [5.74, 6) is 1.26. The van der Waals surface area contributed by atoms with Gasteiger partial charge in [0.15, 0.2) is 0 Å². The molecule has 1 N–H and O–H groups in total. The van der Waals surface area contributed by atoms with E-state index in [1.165, 1.54) is 0 Å². The van der Waals surface area contributed by atoms with Gasteiger partial charge in [0.1, 0.15) is 12.4 Å². The standard InChI is InChI=1S/C14H20N2O2/c1-11-5-3-4-6-13(11)18-8-7-16(2)14(17)12-9-15-10-12/h3-6,12,15H,7-10H2,1-2H3. The van der Waals surface area contributed by atoms with Gasteiger partial charge in [-0.25, -0.2) is 0 Å². The maximum atomic E-state index is 11.9. The number of hydrogen-bond donors (Lipinski definition) is 1. The number of carbonyl (C=O) groups excluding carboxylic acids is 1. The summed E-state index contributed by atoms with van der Waals surface area (Å²) in [6.45, 7) is 4.80. The number of nitrogens with zero attached hydrogens (tertiary/aromatic N) is 1. The van der Waals surface area contributed by atoms with E-state index in [9.17, 15) is 4.79 Å². The van der Waals surface area contributed by atoms with Gasteiger partial charge >= 0.3 is 0 Å². The minimum atomic E-state index is 0.161. The van der Waals surface area contributed by atoms with Crippen molar-refractivity contribution in [3.8, 4) is 5.75 Å². The molecule has 1 aliphatic heterocycles. The number of carbonyl (C=O) groups is 1. The molecule has 1 aromatic carbocycles. The van der Waals surface area contributed by atoms with Crippen LogP contribution < -0.4 is 10.1 Å². The monoisotopic (exact) mass is 248 g/mol. The van der Waals surface area contributed by atoms with E-state index >= 15 is 0 Å². The molecule has 18 heavy (non-hydrogen) atoms. The number of nitrogens with one attached hydrogen (secondary N) is 1. The van der Waals surface area contributed by atoms with Crippen molar-refractivity contribution in [3.63, 3.8) is 0 Å². The number of aryl methyl sites for hydroxylation is 1. The Kier molecular flexibility index (Phi) is 4.20. The van der Waals surface area contributed by atoms with Gasteiger partial charge in [0.05, 0.1) is 12.5 Å². The molecule has 1 aromatic rings. The fraction of sp³-hybridized carbons (Fsp3) is 0.500. The Labute approximate surface area is 108 Å². The SMILES string of the molecule is Cc1ccccc1OCCN(C)C(=O)C1CNC1. The zero-order valence-corrected chi connectivity index (χ0v) is 11.0. The molecule has 0 unspecified atom stereocenters. The lowest BCUT2D eigenvalue weighted by atomic mass is 10.0. The molecule has 0 aliphatic carbocycles.